The van der Waals surface area contributed by atoms with Crippen LogP contribution in [0.5, 0.6) is 0 Å². The van der Waals surface area contributed by atoms with Crippen molar-refractivity contribution in [1.29, 1.82) is 0 Å². The molecule has 4 N–H and O–H groups in total. The number of pyridine rings is 2. The lowest BCUT2D eigenvalue weighted by atomic mass is 10.2. The predicted octanol–water partition coefficient (Wildman–Crippen LogP) is 2.56. The molecule has 0 aliphatic carbocycles. The summed E-state index contributed by atoms with van der Waals surface area (Å²) in [6, 6.07) is 5.63. The van der Waals surface area contributed by atoms with Crippen molar-refractivity contribution in [1.82, 2.24) is 20.6 Å². The Bertz CT molecular complexity index is 723. The van der Waals surface area contributed by atoms with E-state index in [0.717, 1.165) is 49.5 Å². The molecular formula is C19H27ClN6O. The minimum atomic E-state index is -0.117. The Morgan fingerprint density at radius 2 is 2.00 bits per heavy atom. The highest BCUT2D eigenvalue weighted by Crippen LogP contribution is 2.19. The standard InChI is InChI=1S/C19H27ClN6O/c1-3-23-19(27)15-11-16(18(21-2)26-13-15)24-9-4-8-22-10-7-14-5-6-17(20)25-12-14/h5-6,11-13,22,24H,3-4,7-10H2,1-2H3,(H,21,26)(H,23,27). The molecule has 0 saturated carbocycles. The number of hydrogen-bond acceptors (Lipinski definition) is 6. The van der Waals surface area contributed by atoms with Gasteiger partial charge in [0.05, 0.1) is 11.3 Å². The number of amides is 1. The monoisotopic (exact) mass is 390 g/mol. The lowest BCUT2D eigenvalue weighted by Gasteiger charge is -2.13. The van der Waals surface area contributed by atoms with Crippen LogP contribution in [0.4, 0.5) is 11.5 Å². The molecule has 0 aliphatic rings. The van der Waals surface area contributed by atoms with Crippen LogP contribution in [0.15, 0.2) is 30.6 Å². The van der Waals surface area contributed by atoms with E-state index in [2.05, 4.69) is 31.2 Å². The second-order valence-corrected chi connectivity index (χ2v) is 6.39. The maximum atomic E-state index is 12.0. The Balaban J connectivity index is 1.71. The molecule has 0 fully saturated rings. The molecule has 0 aromatic carbocycles. The van der Waals surface area contributed by atoms with Gasteiger partial charge < -0.3 is 21.3 Å². The first kappa shape index (κ1) is 20.9. The molecule has 27 heavy (non-hydrogen) atoms. The van der Waals surface area contributed by atoms with Crippen LogP contribution in [-0.2, 0) is 6.42 Å². The highest BCUT2D eigenvalue weighted by Gasteiger charge is 2.09. The molecule has 2 heterocycles. The van der Waals surface area contributed by atoms with Crippen LogP contribution in [0.3, 0.4) is 0 Å². The van der Waals surface area contributed by atoms with Crippen LogP contribution in [0.2, 0.25) is 5.15 Å². The first-order valence-corrected chi connectivity index (χ1v) is 9.52. The number of nitrogens with zero attached hydrogens (tertiary/aromatic N) is 2. The third-order valence-corrected chi connectivity index (χ3v) is 4.17. The summed E-state index contributed by atoms with van der Waals surface area (Å²) in [5.74, 6) is 0.611. The van der Waals surface area contributed by atoms with E-state index in [4.69, 9.17) is 11.6 Å². The van der Waals surface area contributed by atoms with Crippen molar-refractivity contribution in [3.8, 4) is 0 Å². The number of halogens is 1. The number of nitrogens with one attached hydrogen (secondary N) is 4. The van der Waals surface area contributed by atoms with Gasteiger partial charge in [0.2, 0.25) is 0 Å². The van der Waals surface area contributed by atoms with Crippen molar-refractivity contribution in [3.05, 3.63) is 46.9 Å². The zero-order valence-electron chi connectivity index (χ0n) is 15.8. The summed E-state index contributed by atoms with van der Waals surface area (Å²) >= 11 is 5.78. The maximum absolute atomic E-state index is 12.0. The first-order valence-electron chi connectivity index (χ1n) is 9.15. The van der Waals surface area contributed by atoms with Crippen molar-refractivity contribution in [2.75, 3.05) is 43.9 Å². The molecule has 2 rings (SSSR count). The van der Waals surface area contributed by atoms with Gasteiger partial charge in [0.25, 0.3) is 5.91 Å². The molecule has 0 bridgehead atoms. The zero-order chi connectivity index (χ0) is 19.5. The van der Waals surface area contributed by atoms with Crippen molar-refractivity contribution in [2.24, 2.45) is 0 Å². The molecular weight excluding hydrogens is 364 g/mol. The lowest BCUT2D eigenvalue weighted by molar-refractivity contribution is 0.0955. The van der Waals surface area contributed by atoms with E-state index in [1.807, 2.05) is 32.2 Å². The molecule has 8 heteroatoms. The normalized spacial score (nSPS) is 10.5. The summed E-state index contributed by atoms with van der Waals surface area (Å²) in [5, 5.41) is 13.1. The molecule has 7 nitrogen and oxygen atoms in total. The fourth-order valence-electron chi connectivity index (χ4n) is 2.53. The van der Waals surface area contributed by atoms with Crippen LogP contribution in [0.1, 0.15) is 29.3 Å². The predicted molar refractivity (Wildman–Crippen MR) is 111 cm³/mol. The lowest BCUT2D eigenvalue weighted by Crippen LogP contribution is -2.23. The molecule has 0 spiro atoms. The van der Waals surface area contributed by atoms with Gasteiger partial charge in [-0.05, 0) is 50.6 Å². The molecule has 0 aliphatic heterocycles. The summed E-state index contributed by atoms with van der Waals surface area (Å²) < 4.78 is 0. The Hall–Kier alpha value is -2.38. The van der Waals surface area contributed by atoms with Gasteiger partial charge >= 0.3 is 0 Å². The van der Waals surface area contributed by atoms with E-state index >= 15 is 0 Å². The van der Waals surface area contributed by atoms with Gasteiger partial charge in [-0.2, -0.15) is 0 Å². The van der Waals surface area contributed by atoms with Gasteiger partial charge in [0, 0.05) is 32.5 Å². The molecule has 1 amide bonds. The fourth-order valence-corrected chi connectivity index (χ4v) is 2.65. The molecule has 0 saturated heterocycles. The third-order valence-electron chi connectivity index (χ3n) is 3.95. The number of anilines is 2. The SMILES string of the molecule is CCNC(=O)c1cnc(NC)c(NCCCNCCc2ccc(Cl)nc2)c1. The molecule has 2 aromatic heterocycles. The number of aromatic nitrogens is 2. The summed E-state index contributed by atoms with van der Waals surface area (Å²) in [6.45, 7) is 5.05. The van der Waals surface area contributed by atoms with E-state index in [-0.39, 0.29) is 5.91 Å². The van der Waals surface area contributed by atoms with E-state index in [0.29, 0.717) is 17.3 Å². The molecule has 0 radical (unpaired) electrons. The Morgan fingerprint density at radius 1 is 1.15 bits per heavy atom. The average molecular weight is 391 g/mol. The van der Waals surface area contributed by atoms with E-state index in [1.165, 1.54) is 0 Å². The summed E-state index contributed by atoms with van der Waals surface area (Å²) in [6.07, 6.45) is 5.25. The van der Waals surface area contributed by atoms with Gasteiger partial charge in [-0.25, -0.2) is 9.97 Å². The summed E-state index contributed by atoms with van der Waals surface area (Å²) in [4.78, 5) is 20.3. The topological polar surface area (TPSA) is 91.0 Å². The van der Waals surface area contributed by atoms with Crippen molar-refractivity contribution >= 4 is 29.0 Å². The van der Waals surface area contributed by atoms with Gasteiger partial charge in [-0.1, -0.05) is 17.7 Å². The van der Waals surface area contributed by atoms with Gasteiger partial charge in [-0.3, -0.25) is 4.79 Å². The molecule has 0 atom stereocenters. The van der Waals surface area contributed by atoms with Crippen LogP contribution in [-0.4, -0.2) is 49.1 Å². The van der Waals surface area contributed by atoms with Crippen molar-refractivity contribution < 1.29 is 4.79 Å². The van der Waals surface area contributed by atoms with Crippen molar-refractivity contribution in [2.45, 2.75) is 19.8 Å². The van der Waals surface area contributed by atoms with E-state index in [9.17, 15) is 4.79 Å². The van der Waals surface area contributed by atoms with Crippen LogP contribution in [0.25, 0.3) is 0 Å². The van der Waals surface area contributed by atoms with Gasteiger partial charge in [-0.15, -0.1) is 0 Å². The van der Waals surface area contributed by atoms with Crippen LogP contribution >= 0.6 is 11.6 Å². The van der Waals surface area contributed by atoms with Crippen LogP contribution < -0.4 is 21.3 Å². The maximum Gasteiger partial charge on any atom is 0.252 e. The summed E-state index contributed by atoms with van der Waals surface area (Å²) in [7, 11) is 1.81. The second-order valence-electron chi connectivity index (χ2n) is 6.00. The highest BCUT2D eigenvalue weighted by molar-refractivity contribution is 6.29. The van der Waals surface area contributed by atoms with E-state index in [1.54, 1.807) is 12.4 Å². The largest absolute Gasteiger partial charge is 0.382 e. The average Bonchev–Trinajstić information content (AvgIpc) is 2.68. The quantitative estimate of drug-likeness (QED) is 0.348. The number of carbonyl (C=O) groups excluding carboxylic acids is 1. The highest BCUT2D eigenvalue weighted by atomic mass is 35.5. The third kappa shape index (κ3) is 7.03. The second kappa shape index (κ2) is 11.4. The zero-order valence-corrected chi connectivity index (χ0v) is 16.6. The minimum absolute atomic E-state index is 0.117. The Labute approximate surface area is 165 Å². The molecule has 2 aromatic rings. The number of carbonyl (C=O) groups is 1. The molecule has 0 unspecified atom stereocenters. The minimum Gasteiger partial charge on any atom is -0.382 e. The summed E-state index contributed by atoms with van der Waals surface area (Å²) in [5.41, 5.74) is 2.54. The fraction of sp³-hybridized carbons (Fsp3) is 0.421. The Morgan fingerprint density at radius 3 is 2.70 bits per heavy atom. The number of hydrogen-bond donors (Lipinski definition) is 4. The van der Waals surface area contributed by atoms with Gasteiger partial charge in [0.15, 0.2) is 0 Å². The van der Waals surface area contributed by atoms with Crippen LogP contribution in [0, 0.1) is 0 Å². The van der Waals surface area contributed by atoms with Crippen molar-refractivity contribution in [3.63, 3.8) is 0 Å². The smallest absolute Gasteiger partial charge is 0.252 e. The molecule has 146 valence electrons. The first-order chi connectivity index (χ1) is 13.1. The van der Waals surface area contributed by atoms with E-state index < -0.39 is 0 Å². The van der Waals surface area contributed by atoms with Gasteiger partial charge in [0.1, 0.15) is 11.0 Å². The Kier molecular flexibility index (Phi) is 8.80. The number of rotatable bonds is 11.